The third-order valence-electron chi connectivity index (χ3n) is 6.25. The van der Waals surface area contributed by atoms with Crippen molar-refractivity contribution in [3.05, 3.63) is 71.7 Å². The molecule has 0 bridgehead atoms. The highest BCUT2D eigenvalue weighted by Crippen LogP contribution is 2.37. The quantitative estimate of drug-likeness (QED) is 0.345. The van der Waals surface area contributed by atoms with E-state index < -0.39 is 5.60 Å². The van der Waals surface area contributed by atoms with Crippen molar-refractivity contribution >= 4 is 5.95 Å². The number of hydrogen-bond acceptors (Lipinski definition) is 9. The van der Waals surface area contributed by atoms with Crippen LogP contribution in [0.3, 0.4) is 0 Å². The van der Waals surface area contributed by atoms with Crippen LogP contribution < -0.4 is 5.32 Å². The molecule has 0 atom stereocenters. The molecule has 182 valence electrons. The molecule has 0 radical (unpaired) electrons. The summed E-state index contributed by atoms with van der Waals surface area (Å²) in [7, 11) is 0. The molecular weight excluding hydrogens is 456 g/mol. The lowest BCUT2D eigenvalue weighted by Crippen LogP contribution is -2.23. The average molecular weight is 483 g/mol. The molecule has 3 heterocycles. The maximum Gasteiger partial charge on any atom is 0.223 e. The minimum Gasteiger partial charge on any atom is -0.395 e. The van der Waals surface area contributed by atoms with Gasteiger partial charge in [0, 0.05) is 12.1 Å². The Hall–Kier alpha value is -4.20. The van der Waals surface area contributed by atoms with Crippen LogP contribution in [0.15, 0.2) is 54.7 Å². The molecule has 1 saturated carbocycles. The first-order valence-corrected chi connectivity index (χ1v) is 11.9. The normalized spacial score (nSPS) is 14.5. The van der Waals surface area contributed by atoms with Crippen LogP contribution in [-0.4, -0.2) is 53.3 Å². The van der Waals surface area contributed by atoms with Gasteiger partial charge < -0.3 is 15.5 Å². The second-order valence-electron chi connectivity index (χ2n) is 8.86. The minimum absolute atomic E-state index is 0.0653. The van der Waals surface area contributed by atoms with E-state index in [2.05, 4.69) is 31.7 Å². The molecule has 0 aliphatic heterocycles. The van der Waals surface area contributed by atoms with Gasteiger partial charge in [0.2, 0.25) is 5.95 Å². The zero-order chi connectivity index (χ0) is 25.0. The summed E-state index contributed by atoms with van der Waals surface area (Å²) in [5.74, 6) is 0.340. The van der Waals surface area contributed by atoms with Crippen molar-refractivity contribution in [1.82, 2.24) is 29.9 Å². The minimum atomic E-state index is -0.846. The number of nitrogens with zero attached hydrogens (tertiary/aromatic N) is 7. The van der Waals surface area contributed by atoms with Gasteiger partial charge in [0.25, 0.3) is 0 Å². The SMILES string of the molecule is N#Cc1cccc(-c2cc(-c3cn(Cc4cccc(C5(O)CCCC5)n4)nn3)nc(NCCO)n2)c1. The second kappa shape index (κ2) is 10.2. The smallest absolute Gasteiger partial charge is 0.223 e. The van der Waals surface area contributed by atoms with Crippen LogP contribution in [0.1, 0.15) is 42.6 Å². The van der Waals surface area contributed by atoms with Crippen molar-refractivity contribution < 1.29 is 10.2 Å². The Balaban J connectivity index is 1.43. The fourth-order valence-electron chi connectivity index (χ4n) is 4.42. The number of pyridine rings is 1. The molecule has 10 heteroatoms. The van der Waals surface area contributed by atoms with E-state index in [9.17, 15) is 15.5 Å². The van der Waals surface area contributed by atoms with Crippen molar-refractivity contribution in [2.75, 3.05) is 18.5 Å². The van der Waals surface area contributed by atoms with Crippen LogP contribution in [0.2, 0.25) is 0 Å². The standard InChI is InChI=1S/C26H26N8O2/c27-15-18-5-3-6-19(13-18)21-14-22(31-25(30-21)28-11-12-35)23-17-34(33-32-23)16-20-7-4-8-24(29-20)26(36)9-1-2-10-26/h3-8,13-14,17,35-36H,1-2,9-12,16H2,(H,28,30,31). The topological polar surface area (TPSA) is 146 Å². The van der Waals surface area contributed by atoms with E-state index in [1.807, 2.05) is 24.3 Å². The van der Waals surface area contributed by atoms with E-state index in [1.165, 1.54) is 0 Å². The number of anilines is 1. The number of nitrogens with one attached hydrogen (secondary N) is 1. The van der Waals surface area contributed by atoms with Crippen LogP contribution >= 0.6 is 0 Å². The number of aliphatic hydroxyl groups excluding tert-OH is 1. The van der Waals surface area contributed by atoms with Gasteiger partial charge in [-0.15, -0.1) is 5.10 Å². The van der Waals surface area contributed by atoms with Crippen LogP contribution in [-0.2, 0) is 12.1 Å². The lowest BCUT2D eigenvalue weighted by atomic mass is 9.97. The Labute approximate surface area is 208 Å². The molecule has 10 nitrogen and oxygen atoms in total. The van der Waals surface area contributed by atoms with Gasteiger partial charge in [-0.25, -0.2) is 14.6 Å². The molecule has 0 saturated heterocycles. The Bertz CT molecular complexity index is 1410. The van der Waals surface area contributed by atoms with Crippen molar-refractivity contribution in [2.24, 2.45) is 0 Å². The van der Waals surface area contributed by atoms with Crippen molar-refractivity contribution in [3.63, 3.8) is 0 Å². The average Bonchev–Trinajstić information content (AvgIpc) is 3.57. The molecule has 36 heavy (non-hydrogen) atoms. The van der Waals surface area contributed by atoms with E-state index in [1.54, 1.807) is 35.1 Å². The van der Waals surface area contributed by atoms with Gasteiger partial charge in [0.1, 0.15) is 11.3 Å². The lowest BCUT2D eigenvalue weighted by molar-refractivity contribution is 0.0397. The van der Waals surface area contributed by atoms with Crippen LogP contribution in [0, 0.1) is 11.3 Å². The van der Waals surface area contributed by atoms with Crippen molar-refractivity contribution in [2.45, 2.75) is 37.8 Å². The van der Waals surface area contributed by atoms with Gasteiger partial charge in [0.05, 0.1) is 53.8 Å². The predicted octanol–water partition coefficient (Wildman–Crippen LogP) is 2.88. The molecule has 5 rings (SSSR count). The Morgan fingerprint density at radius 3 is 2.61 bits per heavy atom. The third-order valence-corrected chi connectivity index (χ3v) is 6.25. The molecule has 4 aromatic rings. The molecule has 3 N–H and O–H groups in total. The first-order valence-electron chi connectivity index (χ1n) is 11.9. The Kier molecular flexibility index (Phi) is 6.66. The van der Waals surface area contributed by atoms with Gasteiger partial charge in [-0.05, 0) is 43.2 Å². The van der Waals surface area contributed by atoms with E-state index in [0.717, 1.165) is 36.9 Å². The highest BCUT2D eigenvalue weighted by atomic mass is 16.3. The van der Waals surface area contributed by atoms with Crippen LogP contribution in [0.25, 0.3) is 22.6 Å². The molecule has 0 unspecified atom stereocenters. The summed E-state index contributed by atoms with van der Waals surface area (Å²) in [6, 6.07) is 16.8. The monoisotopic (exact) mass is 482 g/mol. The van der Waals surface area contributed by atoms with Gasteiger partial charge in [-0.2, -0.15) is 5.26 Å². The van der Waals surface area contributed by atoms with E-state index in [-0.39, 0.29) is 6.61 Å². The number of rotatable bonds is 8. The summed E-state index contributed by atoms with van der Waals surface area (Å²) in [5, 5.41) is 40.9. The third kappa shape index (κ3) is 5.07. The Morgan fingerprint density at radius 1 is 1.00 bits per heavy atom. The summed E-state index contributed by atoms with van der Waals surface area (Å²) in [6.45, 7) is 0.626. The zero-order valence-corrected chi connectivity index (χ0v) is 19.7. The van der Waals surface area contributed by atoms with Crippen molar-refractivity contribution in [3.8, 4) is 28.7 Å². The maximum atomic E-state index is 10.9. The summed E-state index contributed by atoms with van der Waals surface area (Å²) in [5.41, 5.74) is 3.66. The molecule has 3 aromatic heterocycles. The molecule has 0 spiro atoms. The number of nitriles is 1. The summed E-state index contributed by atoms with van der Waals surface area (Å²) >= 11 is 0. The van der Waals surface area contributed by atoms with Gasteiger partial charge in [0.15, 0.2) is 0 Å². The predicted molar refractivity (Wildman–Crippen MR) is 132 cm³/mol. The highest BCUT2D eigenvalue weighted by Gasteiger charge is 2.34. The molecule has 0 amide bonds. The maximum absolute atomic E-state index is 10.9. The molecular formula is C26H26N8O2. The van der Waals surface area contributed by atoms with Crippen LogP contribution in [0.4, 0.5) is 5.95 Å². The molecule has 1 aliphatic rings. The van der Waals surface area contributed by atoms with Crippen LogP contribution in [0.5, 0.6) is 0 Å². The first kappa shape index (κ1) is 23.5. The van der Waals surface area contributed by atoms with Crippen molar-refractivity contribution in [1.29, 1.82) is 5.26 Å². The first-order chi connectivity index (χ1) is 17.6. The van der Waals surface area contributed by atoms with Gasteiger partial charge in [-0.3, -0.25) is 4.98 Å². The van der Waals surface area contributed by atoms with E-state index in [0.29, 0.717) is 47.4 Å². The molecule has 1 aromatic carbocycles. The van der Waals surface area contributed by atoms with Gasteiger partial charge >= 0.3 is 0 Å². The molecule has 1 aliphatic carbocycles. The molecule has 1 fully saturated rings. The highest BCUT2D eigenvalue weighted by molar-refractivity contribution is 5.68. The summed E-state index contributed by atoms with van der Waals surface area (Å²) in [6.07, 6.45) is 5.26. The summed E-state index contributed by atoms with van der Waals surface area (Å²) < 4.78 is 1.68. The zero-order valence-electron chi connectivity index (χ0n) is 19.7. The largest absolute Gasteiger partial charge is 0.395 e. The number of aromatic nitrogens is 6. The number of hydrogen-bond donors (Lipinski definition) is 3. The fraction of sp³-hybridized carbons (Fsp3) is 0.308. The van der Waals surface area contributed by atoms with E-state index in [4.69, 9.17) is 4.98 Å². The number of benzene rings is 1. The second-order valence-corrected chi connectivity index (χ2v) is 8.86. The number of aliphatic hydroxyl groups is 2. The summed E-state index contributed by atoms with van der Waals surface area (Å²) in [4.78, 5) is 13.8. The van der Waals surface area contributed by atoms with Gasteiger partial charge in [-0.1, -0.05) is 36.3 Å². The lowest BCUT2D eigenvalue weighted by Gasteiger charge is -2.21. The Morgan fingerprint density at radius 2 is 1.81 bits per heavy atom. The van der Waals surface area contributed by atoms with E-state index >= 15 is 0 Å². The fourth-order valence-corrected chi connectivity index (χ4v) is 4.42.